The van der Waals surface area contributed by atoms with Crippen LogP contribution in [0.5, 0.6) is 0 Å². The molecule has 26 heavy (non-hydrogen) atoms. The number of hydrogen-bond acceptors (Lipinski definition) is 6. The Morgan fingerprint density at radius 2 is 2.00 bits per heavy atom. The van der Waals surface area contributed by atoms with E-state index >= 15 is 0 Å². The average Bonchev–Trinajstić information content (AvgIpc) is 3.10. The molecule has 0 spiro atoms. The Labute approximate surface area is 152 Å². The van der Waals surface area contributed by atoms with E-state index < -0.39 is 23.0 Å². The SMILES string of the molecule is COC(=O)C1=C(C)NC(=O)N[C@@H]1c1ccc(-c2ccccc2[N+](=O)[O-])s1. The molecule has 0 saturated carbocycles. The van der Waals surface area contributed by atoms with Gasteiger partial charge < -0.3 is 15.4 Å². The molecule has 3 rings (SSSR count). The smallest absolute Gasteiger partial charge is 0.338 e. The molecule has 2 heterocycles. The number of para-hydroxylation sites is 1. The molecule has 0 unspecified atom stereocenters. The average molecular weight is 373 g/mol. The molecule has 0 fully saturated rings. The second-order valence-corrected chi connectivity index (χ2v) is 6.65. The summed E-state index contributed by atoms with van der Waals surface area (Å²) in [5.74, 6) is -0.555. The molecular weight excluding hydrogens is 358 g/mol. The Kier molecular flexibility index (Phi) is 4.72. The first-order valence-electron chi connectivity index (χ1n) is 7.62. The van der Waals surface area contributed by atoms with Crippen molar-refractivity contribution in [2.45, 2.75) is 13.0 Å². The van der Waals surface area contributed by atoms with E-state index in [1.807, 2.05) is 0 Å². The number of thiophene rings is 1. The number of carbonyl (C=O) groups is 2. The van der Waals surface area contributed by atoms with Gasteiger partial charge >= 0.3 is 12.0 Å². The number of urea groups is 1. The number of allylic oxidation sites excluding steroid dienone is 1. The van der Waals surface area contributed by atoms with Crippen LogP contribution in [0.3, 0.4) is 0 Å². The minimum Gasteiger partial charge on any atom is -0.466 e. The summed E-state index contributed by atoms with van der Waals surface area (Å²) in [7, 11) is 1.27. The van der Waals surface area contributed by atoms with Gasteiger partial charge in [-0.1, -0.05) is 12.1 Å². The number of nitrogens with zero attached hydrogens (tertiary/aromatic N) is 1. The summed E-state index contributed by atoms with van der Waals surface area (Å²) in [6, 6.07) is 8.78. The van der Waals surface area contributed by atoms with Gasteiger partial charge in [-0.2, -0.15) is 0 Å². The molecule has 0 saturated heterocycles. The van der Waals surface area contributed by atoms with Crippen LogP contribution in [0.15, 0.2) is 47.7 Å². The largest absolute Gasteiger partial charge is 0.466 e. The number of hydrogen-bond donors (Lipinski definition) is 2. The maximum atomic E-state index is 12.1. The number of carbonyl (C=O) groups excluding carboxylic acids is 2. The third-order valence-corrected chi connectivity index (χ3v) is 5.14. The summed E-state index contributed by atoms with van der Waals surface area (Å²) in [6.45, 7) is 1.62. The van der Waals surface area contributed by atoms with Gasteiger partial charge in [-0.3, -0.25) is 10.1 Å². The summed E-state index contributed by atoms with van der Waals surface area (Å²) < 4.78 is 4.82. The van der Waals surface area contributed by atoms with Crippen LogP contribution in [-0.4, -0.2) is 24.0 Å². The zero-order valence-corrected chi connectivity index (χ0v) is 14.8. The van der Waals surface area contributed by atoms with Crippen molar-refractivity contribution in [3.8, 4) is 10.4 Å². The van der Waals surface area contributed by atoms with E-state index in [1.165, 1.54) is 24.5 Å². The molecule has 2 N–H and O–H groups in total. The zero-order valence-electron chi connectivity index (χ0n) is 13.9. The van der Waals surface area contributed by atoms with Crippen LogP contribution in [0, 0.1) is 10.1 Å². The maximum Gasteiger partial charge on any atom is 0.338 e. The lowest BCUT2D eigenvalue weighted by molar-refractivity contribution is -0.384. The first kappa shape index (κ1) is 17.6. The number of nitro benzene ring substituents is 1. The van der Waals surface area contributed by atoms with E-state index in [-0.39, 0.29) is 5.69 Å². The Morgan fingerprint density at radius 3 is 2.69 bits per heavy atom. The third kappa shape index (κ3) is 3.16. The zero-order chi connectivity index (χ0) is 18.8. The van der Waals surface area contributed by atoms with Gasteiger partial charge in [-0.15, -0.1) is 11.3 Å². The molecule has 1 aromatic heterocycles. The number of amides is 2. The maximum absolute atomic E-state index is 12.1. The highest BCUT2D eigenvalue weighted by Gasteiger charge is 2.33. The molecule has 2 amide bonds. The van der Waals surface area contributed by atoms with Crippen LogP contribution in [0.25, 0.3) is 10.4 Å². The topological polar surface area (TPSA) is 111 Å². The molecular formula is C17H15N3O5S. The molecule has 0 aliphatic carbocycles. The van der Waals surface area contributed by atoms with Crippen molar-refractivity contribution < 1.29 is 19.2 Å². The van der Waals surface area contributed by atoms with Crippen LogP contribution < -0.4 is 10.6 Å². The van der Waals surface area contributed by atoms with Crippen molar-refractivity contribution >= 4 is 29.0 Å². The van der Waals surface area contributed by atoms with Crippen molar-refractivity contribution in [3.63, 3.8) is 0 Å². The Balaban J connectivity index is 2.04. The summed E-state index contributed by atoms with van der Waals surface area (Å²) >= 11 is 1.27. The van der Waals surface area contributed by atoms with Gasteiger partial charge in [0, 0.05) is 21.5 Å². The lowest BCUT2D eigenvalue weighted by Crippen LogP contribution is -2.45. The molecule has 1 aliphatic rings. The normalized spacial score (nSPS) is 16.7. The van der Waals surface area contributed by atoms with Gasteiger partial charge in [0.15, 0.2) is 0 Å². The molecule has 8 nitrogen and oxygen atoms in total. The number of nitrogens with one attached hydrogen (secondary N) is 2. The van der Waals surface area contributed by atoms with E-state index in [2.05, 4.69) is 10.6 Å². The lowest BCUT2D eigenvalue weighted by atomic mass is 10.0. The van der Waals surface area contributed by atoms with Gasteiger partial charge in [0.25, 0.3) is 5.69 Å². The molecule has 9 heteroatoms. The van der Waals surface area contributed by atoms with Gasteiger partial charge in [0.2, 0.25) is 0 Å². The fraction of sp³-hybridized carbons (Fsp3) is 0.176. The number of esters is 1. The van der Waals surface area contributed by atoms with E-state index in [0.29, 0.717) is 26.6 Å². The molecule has 0 bridgehead atoms. The first-order chi connectivity index (χ1) is 12.4. The summed E-state index contributed by atoms with van der Waals surface area (Å²) in [4.78, 5) is 36.1. The third-order valence-electron chi connectivity index (χ3n) is 3.95. The van der Waals surface area contributed by atoms with E-state index in [1.54, 1.807) is 37.3 Å². The fourth-order valence-electron chi connectivity index (χ4n) is 2.78. The Bertz CT molecular complexity index is 934. The van der Waals surface area contributed by atoms with Crippen LogP contribution in [0.2, 0.25) is 0 Å². The van der Waals surface area contributed by atoms with Crippen molar-refractivity contribution in [1.29, 1.82) is 0 Å². The lowest BCUT2D eigenvalue weighted by Gasteiger charge is -2.26. The Hall–Kier alpha value is -3.20. The predicted octanol–water partition coefficient (Wildman–Crippen LogP) is 3.12. The Morgan fingerprint density at radius 1 is 1.27 bits per heavy atom. The minimum absolute atomic E-state index is 0.00448. The quantitative estimate of drug-likeness (QED) is 0.486. The van der Waals surface area contributed by atoms with E-state index in [9.17, 15) is 19.7 Å². The molecule has 1 aliphatic heterocycles. The molecule has 1 atom stereocenters. The second-order valence-electron chi connectivity index (χ2n) is 5.54. The van der Waals surface area contributed by atoms with Crippen molar-refractivity contribution in [3.05, 3.63) is 62.7 Å². The van der Waals surface area contributed by atoms with Crippen LogP contribution in [0.1, 0.15) is 17.8 Å². The van der Waals surface area contributed by atoms with E-state index in [4.69, 9.17) is 4.74 Å². The van der Waals surface area contributed by atoms with Crippen LogP contribution in [0.4, 0.5) is 10.5 Å². The highest BCUT2D eigenvalue weighted by Crippen LogP contribution is 2.39. The number of rotatable bonds is 4. The summed E-state index contributed by atoms with van der Waals surface area (Å²) in [5, 5.41) is 16.5. The summed E-state index contributed by atoms with van der Waals surface area (Å²) in [5.41, 5.74) is 1.18. The monoisotopic (exact) mass is 373 g/mol. The molecule has 134 valence electrons. The predicted molar refractivity (Wildman–Crippen MR) is 95.5 cm³/mol. The highest BCUT2D eigenvalue weighted by atomic mass is 32.1. The van der Waals surface area contributed by atoms with Gasteiger partial charge in [-0.05, 0) is 25.1 Å². The number of nitro groups is 1. The first-order valence-corrected chi connectivity index (χ1v) is 8.44. The minimum atomic E-state index is -0.683. The van der Waals surface area contributed by atoms with Crippen molar-refractivity contribution in [2.24, 2.45) is 0 Å². The molecule has 0 radical (unpaired) electrons. The molecule has 2 aromatic rings. The fourth-order valence-corrected chi connectivity index (χ4v) is 3.89. The van der Waals surface area contributed by atoms with Crippen molar-refractivity contribution in [1.82, 2.24) is 10.6 Å². The van der Waals surface area contributed by atoms with Crippen LogP contribution >= 0.6 is 11.3 Å². The number of methoxy groups -OCH3 is 1. The number of ether oxygens (including phenoxy) is 1. The molecule has 1 aromatic carbocycles. The number of benzene rings is 1. The van der Waals surface area contributed by atoms with Gasteiger partial charge in [-0.25, -0.2) is 9.59 Å². The van der Waals surface area contributed by atoms with Gasteiger partial charge in [0.1, 0.15) is 0 Å². The van der Waals surface area contributed by atoms with E-state index in [0.717, 1.165) is 0 Å². The highest BCUT2D eigenvalue weighted by molar-refractivity contribution is 7.15. The van der Waals surface area contributed by atoms with Gasteiger partial charge in [0.05, 0.1) is 29.2 Å². The van der Waals surface area contributed by atoms with Crippen LogP contribution in [-0.2, 0) is 9.53 Å². The second kappa shape index (κ2) is 6.96. The standard InChI is InChI=1S/C17H15N3O5S/c1-9-14(16(21)25-2)15(19-17(22)18-9)13-8-7-12(26-13)10-5-3-4-6-11(10)20(23)24/h3-8,15H,1-2H3,(H2,18,19,22)/t15-/m1/s1. The summed E-state index contributed by atoms with van der Waals surface area (Å²) in [6.07, 6.45) is 0. The van der Waals surface area contributed by atoms with Crippen molar-refractivity contribution in [2.75, 3.05) is 7.11 Å².